The molecule has 5 nitrogen and oxygen atoms in total. The van der Waals surface area contributed by atoms with E-state index in [4.69, 9.17) is 0 Å². The van der Waals surface area contributed by atoms with Gasteiger partial charge in [-0.3, -0.25) is 9.59 Å². The minimum absolute atomic E-state index is 0.0157. The number of allylic oxidation sites excluding steroid dienone is 1. The first-order valence-electron chi connectivity index (χ1n) is 9.15. The molecule has 1 N–H and O–H groups in total. The summed E-state index contributed by atoms with van der Waals surface area (Å²) < 4.78 is 0. The van der Waals surface area contributed by atoms with Crippen molar-refractivity contribution in [2.45, 2.75) is 12.8 Å². The number of aromatic hydroxyl groups is 1. The number of ketones is 2. The van der Waals surface area contributed by atoms with E-state index in [1.165, 1.54) is 18.2 Å². The maximum absolute atomic E-state index is 12.6. The van der Waals surface area contributed by atoms with E-state index in [2.05, 4.69) is 16.8 Å². The van der Waals surface area contributed by atoms with E-state index in [1.807, 2.05) is 30.3 Å². The third-order valence-electron chi connectivity index (χ3n) is 4.37. The number of aryl methyl sites for hydroxylation is 1. The first-order valence-corrected chi connectivity index (χ1v) is 9.15. The fourth-order valence-electron chi connectivity index (χ4n) is 2.73. The number of nitrogens with zero attached hydrogens (tertiary/aromatic N) is 2. The number of phenols is 1. The Hall–Kier alpha value is -3.86. The zero-order chi connectivity index (χ0) is 20.6. The largest absolute Gasteiger partial charge is 0.507 e. The second-order valence-corrected chi connectivity index (χ2v) is 6.43. The van der Waals surface area contributed by atoms with Crippen LogP contribution >= 0.6 is 0 Å². The van der Waals surface area contributed by atoms with Gasteiger partial charge in [0.1, 0.15) is 5.75 Å². The number of carbonyl (C=O) groups is 2. The fraction of sp³-hybridized carbons (Fsp3) is 0.0833. The van der Waals surface area contributed by atoms with Crippen LogP contribution in [0, 0.1) is 0 Å². The van der Waals surface area contributed by atoms with Crippen molar-refractivity contribution in [3.05, 3.63) is 102 Å². The normalized spacial score (nSPS) is 10.8. The minimum Gasteiger partial charge on any atom is -0.507 e. The van der Waals surface area contributed by atoms with Crippen molar-refractivity contribution in [1.29, 1.82) is 0 Å². The Labute approximate surface area is 169 Å². The summed E-state index contributed by atoms with van der Waals surface area (Å²) in [6.07, 6.45) is 2.40. The van der Waals surface area contributed by atoms with Crippen LogP contribution in [0.3, 0.4) is 0 Å². The van der Waals surface area contributed by atoms with E-state index in [0.29, 0.717) is 29.8 Å². The number of phenolic OH excluding ortho intramolecular Hbond substituents is 1. The fourth-order valence-corrected chi connectivity index (χ4v) is 2.73. The number of hydrogen-bond acceptors (Lipinski definition) is 5. The van der Waals surface area contributed by atoms with Crippen molar-refractivity contribution in [2.75, 3.05) is 0 Å². The summed E-state index contributed by atoms with van der Waals surface area (Å²) in [6.45, 7) is 3.47. The van der Waals surface area contributed by atoms with E-state index in [1.54, 1.807) is 30.3 Å². The Morgan fingerprint density at radius 1 is 0.897 bits per heavy atom. The van der Waals surface area contributed by atoms with Gasteiger partial charge in [0.2, 0.25) is 0 Å². The van der Waals surface area contributed by atoms with Crippen LogP contribution in [0.15, 0.2) is 95.7 Å². The van der Waals surface area contributed by atoms with Crippen molar-refractivity contribution < 1.29 is 14.7 Å². The van der Waals surface area contributed by atoms with Gasteiger partial charge < -0.3 is 5.11 Å². The van der Waals surface area contributed by atoms with E-state index in [0.717, 1.165) is 5.56 Å². The Balaban J connectivity index is 1.73. The molecule has 0 saturated heterocycles. The van der Waals surface area contributed by atoms with E-state index >= 15 is 0 Å². The van der Waals surface area contributed by atoms with Crippen LogP contribution in [0.5, 0.6) is 5.75 Å². The molecular weight excluding hydrogens is 364 g/mol. The molecular formula is C24H20N2O3. The zero-order valence-electron chi connectivity index (χ0n) is 15.8. The van der Waals surface area contributed by atoms with Gasteiger partial charge in [-0.2, -0.15) is 10.2 Å². The first-order chi connectivity index (χ1) is 14.1. The second kappa shape index (κ2) is 9.37. The molecule has 3 rings (SSSR count). The summed E-state index contributed by atoms with van der Waals surface area (Å²) in [7, 11) is 0. The Morgan fingerprint density at radius 3 is 2.24 bits per heavy atom. The van der Waals surface area contributed by atoms with Crippen molar-refractivity contribution in [1.82, 2.24) is 0 Å². The van der Waals surface area contributed by atoms with E-state index < -0.39 is 0 Å². The van der Waals surface area contributed by atoms with Gasteiger partial charge in [-0.15, -0.1) is 0 Å². The lowest BCUT2D eigenvalue weighted by Gasteiger charge is -2.05. The standard InChI is InChI=1S/C24H20N2O3/c1-2-21(27)14-10-17-8-11-19(12-9-17)25-26-20-13-15-23(28)22(16-20)24(29)18-6-4-3-5-7-18/h2-9,11-13,15-16,28H,1,10,14H2. The number of hydrogen-bond donors (Lipinski definition) is 1. The molecule has 0 amide bonds. The van der Waals surface area contributed by atoms with Gasteiger partial charge in [0, 0.05) is 12.0 Å². The third-order valence-corrected chi connectivity index (χ3v) is 4.37. The smallest absolute Gasteiger partial charge is 0.196 e. The molecule has 5 heteroatoms. The maximum Gasteiger partial charge on any atom is 0.196 e. The van der Waals surface area contributed by atoms with Crippen LogP contribution in [0.1, 0.15) is 27.9 Å². The van der Waals surface area contributed by atoms with Gasteiger partial charge in [0.05, 0.1) is 16.9 Å². The lowest BCUT2D eigenvalue weighted by molar-refractivity contribution is -0.114. The molecule has 0 unspecified atom stereocenters. The predicted octanol–water partition coefficient (Wildman–Crippen LogP) is 5.73. The summed E-state index contributed by atoms with van der Waals surface area (Å²) in [5.41, 5.74) is 2.80. The Bertz CT molecular complexity index is 1060. The molecule has 0 radical (unpaired) electrons. The molecule has 0 fully saturated rings. The molecule has 3 aromatic rings. The lowest BCUT2D eigenvalue weighted by Crippen LogP contribution is -2.01. The van der Waals surface area contributed by atoms with Gasteiger partial charge in [0.25, 0.3) is 0 Å². The molecule has 0 aromatic heterocycles. The van der Waals surface area contributed by atoms with Crippen LogP contribution in [-0.2, 0) is 11.2 Å². The highest BCUT2D eigenvalue weighted by atomic mass is 16.3. The predicted molar refractivity (Wildman–Crippen MR) is 112 cm³/mol. The number of rotatable bonds is 8. The lowest BCUT2D eigenvalue weighted by atomic mass is 10.0. The van der Waals surface area contributed by atoms with Crippen LogP contribution in [0.25, 0.3) is 0 Å². The molecule has 0 atom stereocenters. The summed E-state index contributed by atoms with van der Waals surface area (Å²) >= 11 is 0. The summed E-state index contributed by atoms with van der Waals surface area (Å²) in [6, 6.07) is 20.7. The highest BCUT2D eigenvalue weighted by Crippen LogP contribution is 2.27. The molecule has 0 spiro atoms. The Kier molecular flexibility index (Phi) is 6.43. The molecule has 0 saturated carbocycles. The molecule has 0 bridgehead atoms. The first kappa shape index (κ1) is 19.9. The van der Waals surface area contributed by atoms with Crippen LogP contribution in [0.2, 0.25) is 0 Å². The molecule has 0 heterocycles. The van der Waals surface area contributed by atoms with E-state index in [-0.39, 0.29) is 22.9 Å². The average molecular weight is 384 g/mol. The Morgan fingerprint density at radius 2 is 1.55 bits per heavy atom. The van der Waals surface area contributed by atoms with Crippen molar-refractivity contribution >= 4 is 22.9 Å². The molecule has 29 heavy (non-hydrogen) atoms. The molecule has 144 valence electrons. The van der Waals surface area contributed by atoms with Gasteiger partial charge in [-0.05, 0) is 48.4 Å². The van der Waals surface area contributed by atoms with Crippen molar-refractivity contribution in [3.8, 4) is 5.75 Å². The minimum atomic E-state index is -0.279. The maximum atomic E-state index is 12.6. The average Bonchev–Trinajstić information content (AvgIpc) is 2.77. The van der Waals surface area contributed by atoms with Gasteiger partial charge >= 0.3 is 0 Å². The summed E-state index contributed by atoms with van der Waals surface area (Å²) in [4.78, 5) is 23.9. The zero-order valence-corrected chi connectivity index (χ0v) is 15.8. The molecule has 0 aliphatic carbocycles. The topological polar surface area (TPSA) is 79.1 Å². The van der Waals surface area contributed by atoms with E-state index in [9.17, 15) is 14.7 Å². The SMILES string of the molecule is C=CC(=O)CCc1ccc(N=Nc2ccc(O)c(C(=O)c3ccccc3)c2)cc1. The molecule has 3 aromatic carbocycles. The van der Waals surface area contributed by atoms with Gasteiger partial charge in [-0.1, -0.05) is 49.0 Å². The van der Waals surface area contributed by atoms with Crippen molar-refractivity contribution in [2.24, 2.45) is 10.2 Å². The number of benzene rings is 3. The highest BCUT2D eigenvalue weighted by molar-refractivity contribution is 6.11. The van der Waals surface area contributed by atoms with Crippen LogP contribution < -0.4 is 0 Å². The third kappa shape index (κ3) is 5.32. The highest BCUT2D eigenvalue weighted by Gasteiger charge is 2.14. The summed E-state index contributed by atoms with van der Waals surface area (Å²) in [5.74, 6) is -0.364. The quantitative estimate of drug-likeness (QED) is 0.306. The number of carbonyl (C=O) groups excluding carboxylic acids is 2. The van der Waals surface area contributed by atoms with Crippen LogP contribution in [0.4, 0.5) is 11.4 Å². The molecule has 0 aliphatic heterocycles. The van der Waals surface area contributed by atoms with Gasteiger partial charge in [-0.25, -0.2) is 0 Å². The van der Waals surface area contributed by atoms with Crippen LogP contribution in [-0.4, -0.2) is 16.7 Å². The number of azo groups is 1. The monoisotopic (exact) mass is 384 g/mol. The molecule has 0 aliphatic rings. The van der Waals surface area contributed by atoms with Gasteiger partial charge in [0.15, 0.2) is 11.6 Å². The van der Waals surface area contributed by atoms with Crippen molar-refractivity contribution in [3.63, 3.8) is 0 Å². The second-order valence-electron chi connectivity index (χ2n) is 6.43. The summed E-state index contributed by atoms with van der Waals surface area (Å²) in [5, 5.41) is 18.4.